The van der Waals surface area contributed by atoms with E-state index in [4.69, 9.17) is 112 Å². The highest BCUT2D eigenvalue weighted by atomic mass is 16.8. The Kier molecular flexibility index (Phi) is 18.0. The Bertz CT molecular complexity index is 1030. The fourth-order valence-corrected chi connectivity index (χ4v) is 8.05. The van der Waals surface area contributed by atoms with E-state index in [1.54, 1.807) is 0 Å². The SMILES string of the molecule is CC[C@H]1OCO[C@H]2[C@@H]1OCO[C@@H]2CO.OC[C@@H]1OCO[C@H]1[C@H]1OCO[C@@H]1CO.O[C@@H]1CO[C@@H]2[C@H]1OC[C@@H]2O.O[C@@H]1CO[C@@H]2[C@H]1OC[C@H]2O.O[C@H]1CO[C@@H]2[C@H]1OC[C@@H]2O. The van der Waals surface area contributed by atoms with Crippen molar-refractivity contribution >= 4 is 0 Å². The van der Waals surface area contributed by atoms with Crippen molar-refractivity contribution in [2.45, 2.75) is 135 Å². The second kappa shape index (κ2) is 22.4. The first-order valence-corrected chi connectivity index (χ1v) is 19.6. The van der Waals surface area contributed by atoms with Crippen molar-refractivity contribution in [3.8, 4) is 0 Å². The lowest BCUT2D eigenvalue weighted by Crippen LogP contribution is -2.57. The van der Waals surface area contributed by atoms with E-state index in [0.717, 1.165) is 6.42 Å². The summed E-state index contributed by atoms with van der Waals surface area (Å²) in [4.78, 5) is 0. The van der Waals surface area contributed by atoms with E-state index >= 15 is 0 Å². The summed E-state index contributed by atoms with van der Waals surface area (Å²) in [6, 6.07) is 0. The zero-order valence-corrected chi connectivity index (χ0v) is 32.2. The van der Waals surface area contributed by atoms with Crippen LogP contribution in [0.15, 0.2) is 0 Å². The van der Waals surface area contributed by atoms with Crippen LogP contribution in [0.25, 0.3) is 0 Å². The second-order valence-electron chi connectivity index (χ2n) is 15.0. The molecule has 9 N–H and O–H groups in total. The van der Waals surface area contributed by atoms with Gasteiger partial charge in [0.2, 0.25) is 0 Å². The largest absolute Gasteiger partial charge is 0.394 e. The fraction of sp³-hybridized carbons (Fsp3) is 1.00. The first-order chi connectivity index (χ1) is 28.1. The van der Waals surface area contributed by atoms with Gasteiger partial charge >= 0.3 is 0 Å². The molecule has 10 aliphatic heterocycles. The van der Waals surface area contributed by atoms with Crippen molar-refractivity contribution in [3.63, 3.8) is 0 Å². The molecule has 0 aromatic carbocycles. The number of rotatable bonds is 5. The predicted octanol–water partition coefficient (Wildman–Crippen LogP) is -6.16. The lowest BCUT2D eigenvalue weighted by Gasteiger charge is -2.43. The zero-order chi connectivity index (χ0) is 41.3. The van der Waals surface area contributed by atoms with Crippen molar-refractivity contribution < 1.29 is 112 Å². The van der Waals surface area contributed by atoms with Crippen LogP contribution in [0.4, 0.5) is 0 Å². The molecule has 10 fully saturated rings. The molecule has 0 aromatic heterocycles. The standard InChI is InChI=1S/C9H16O5.C8H14O6.3C6H10O4/c1-2-6-8-9(14-4-11-6)7(3-10)12-5-13-8;9-1-5-7(13-3-11-5)8-6(2-10)12-4-14-8;3*7-3-1-9-6-4(8)2-10-5(3)6/h6-10H,2-5H2,1H3;5-10H,1-4H2;3*3-8H,1-2H2/t6-,7-,8-,9-;5-,6+,7+,8-;3-,4+,5-,6-;3-,4-,5+,6+;3-,4-,5-,6-/m1.010/s1. The predicted molar refractivity (Wildman–Crippen MR) is 184 cm³/mol. The van der Waals surface area contributed by atoms with Gasteiger partial charge in [0.15, 0.2) is 0 Å². The zero-order valence-electron chi connectivity index (χ0n) is 32.2. The minimum Gasteiger partial charge on any atom is -0.394 e. The Morgan fingerprint density at radius 3 is 0.707 bits per heavy atom. The monoisotopic (exact) mass is 848 g/mol. The van der Waals surface area contributed by atoms with Gasteiger partial charge in [-0.15, -0.1) is 0 Å². The third-order valence-corrected chi connectivity index (χ3v) is 11.2. The molecule has 0 aromatic rings. The number of hydrogen-bond donors (Lipinski definition) is 9. The average Bonchev–Trinajstić information content (AvgIpc) is 4.11. The van der Waals surface area contributed by atoms with Gasteiger partial charge in [0.1, 0.15) is 143 Å². The molecule has 0 unspecified atom stereocenters. The van der Waals surface area contributed by atoms with Gasteiger partial charge in [0.05, 0.1) is 65.6 Å². The van der Waals surface area contributed by atoms with Crippen LogP contribution in [0, 0.1) is 0 Å². The molecule has 58 heavy (non-hydrogen) atoms. The van der Waals surface area contributed by atoms with E-state index in [9.17, 15) is 0 Å². The molecule has 0 spiro atoms. The van der Waals surface area contributed by atoms with Gasteiger partial charge in [0.25, 0.3) is 0 Å². The van der Waals surface area contributed by atoms with E-state index in [1.807, 2.05) is 6.92 Å². The van der Waals surface area contributed by atoms with Crippen molar-refractivity contribution in [2.24, 2.45) is 0 Å². The molecule has 0 amide bonds. The molecule has 10 saturated heterocycles. The summed E-state index contributed by atoms with van der Waals surface area (Å²) in [6.07, 6.45) is -6.28. The molecule has 0 saturated carbocycles. The third kappa shape index (κ3) is 11.0. The lowest BCUT2D eigenvalue weighted by molar-refractivity contribution is -0.325. The number of aliphatic hydroxyl groups is 9. The van der Waals surface area contributed by atoms with Gasteiger partial charge in [-0.25, -0.2) is 0 Å². The molecule has 20 atom stereocenters. The Morgan fingerprint density at radius 2 is 0.500 bits per heavy atom. The van der Waals surface area contributed by atoms with Gasteiger partial charge in [-0.1, -0.05) is 6.92 Å². The van der Waals surface area contributed by atoms with E-state index in [0.29, 0.717) is 0 Å². The highest BCUT2D eigenvalue weighted by molar-refractivity contribution is 4.96. The third-order valence-electron chi connectivity index (χ3n) is 11.2. The summed E-state index contributed by atoms with van der Waals surface area (Å²) in [5, 5.41) is 82.0. The average molecular weight is 849 g/mol. The van der Waals surface area contributed by atoms with Crippen molar-refractivity contribution in [1.29, 1.82) is 0 Å². The maximum Gasteiger partial charge on any atom is 0.147 e. The molecule has 23 nitrogen and oxygen atoms in total. The minimum absolute atomic E-state index is 0.0407. The Labute approximate surface area is 334 Å². The molecule has 338 valence electrons. The smallest absolute Gasteiger partial charge is 0.147 e. The van der Waals surface area contributed by atoms with Gasteiger partial charge < -0.3 is 112 Å². The molecule has 10 rings (SSSR count). The molecular weight excluding hydrogens is 788 g/mol. The first-order valence-electron chi connectivity index (χ1n) is 19.6. The van der Waals surface area contributed by atoms with E-state index in [1.165, 1.54) is 0 Å². The summed E-state index contributed by atoms with van der Waals surface area (Å²) >= 11 is 0. The van der Waals surface area contributed by atoms with Gasteiger partial charge in [-0.3, -0.25) is 0 Å². The molecule has 10 aliphatic rings. The van der Waals surface area contributed by atoms with E-state index < -0.39 is 48.8 Å². The number of hydrogen-bond acceptors (Lipinski definition) is 23. The molecule has 0 bridgehead atoms. The van der Waals surface area contributed by atoms with Gasteiger partial charge in [0, 0.05) is 0 Å². The Hall–Kier alpha value is -0.920. The van der Waals surface area contributed by atoms with Crippen LogP contribution in [0.3, 0.4) is 0 Å². The van der Waals surface area contributed by atoms with E-state index in [2.05, 4.69) is 0 Å². The summed E-state index contributed by atoms with van der Waals surface area (Å²) in [5.41, 5.74) is 0. The molecular formula is C35H60O23. The summed E-state index contributed by atoms with van der Waals surface area (Å²) in [6.45, 7) is 4.21. The first kappa shape index (κ1) is 46.6. The summed E-state index contributed by atoms with van der Waals surface area (Å²) < 4.78 is 72.7. The highest BCUT2D eigenvalue weighted by Gasteiger charge is 2.49. The molecule has 10 heterocycles. The Morgan fingerprint density at radius 1 is 0.293 bits per heavy atom. The number of aliphatic hydroxyl groups excluding tert-OH is 9. The Balaban J connectivity index is 0.000000123. The molecule has 23 heteroatoms. The maximum absolute atomic E-state index is 9.16. The summed E-state index contributed by atoms with van der Waals surface area (Å²) in [7, 11) is 0. The second-order valence-corrected chi connectivity index (χ2v) is 15.0. The van der Waals surface area contributed by atoms with Crippen LogP contribution in [0.5, 0.6) is 0 Å². The fourth-order valence-electron chi connectivity index (χ4n) is 8.05. The van der Waals surface area contributed by atoms with Crippen molar-refractivity contribution in [2.75, 3.05) is 86.6 Å². The van der Waals surface area contributed by atoms with Crippen LogP contribution in [0.1, 0.15) is 13.3 Å². The van der Waals surface area contributed by atoms with Crippen molar-refractivity contribution in [3.05, 3.63) is 0 Å². The normalized spacial score (nSPS) is 48.5. The minimum atomic E-state index is -0.554. The summed E-state index contributed by atoms with van der Waals surface area (Å²) in [5.74, 6) is 0. The maximum atomic E-state index is 9.16. The number of ether oxygens (including phenoxy) is 14. The van der Waals surface area contributed by atoms with Crippen LogP contribution in [-0.2, 0) is 66.3 Å². The van der Waals surface area contributed by atoms with Crippen LogP contribution < -0.4 is 0 Å². The topological polar surface area (TPSA) is 311 Å². The molecule has 0 radical (unpaired) electrons. The van der Waals surface area contributed by atoms with Crippen LogP contribution in [0.2, 0.25) is 0 Å². The van der Waals surface area contributed by atoms with Crippen molar-refractivity contribution in [1.82, 2.24) is 0 Å². The number of fused-ring (bicyclic) bond motifs is 4. The van der Waals surface area contributed by atoms with Crippen LogP contribution in [-0.4, -0.2) is 255 Å². The lowest BCUT2D eigenvalue weighted by atomic mass is 9.99. The van der Waals surface area contributed by atoms with E-state index in [-0.39, 0.29) is 160 Å². The quantitative estimate of drug-likeness (QED) is 0.124. The van der Waals surface area contributed by atoms with Gasteiger partial charge in [-0.05, 0) is 6.42 Å². The molecule has 0 aliphatic carbocycles. The van der Waals surface area contributed by atoms with Crippen LogP contribution >= 0.6 is 0 Å². The van der Waals surface area contributed by atoms with Gasteiger partial charge in [-0.2, -0.15) is 0 Å². The highest BCUT2D eigenvalue weighted by Crippen LogP contribution is 2.30.